The van der Waals surface area contributed by atoms with E-state index in [1.807, 2.05) is 6.92 Å². The molecule has 1 heterocycles. The Morgan fingerprint density at radius 1 is 1.25 bits per heavy atom. The number of amides is 2. The zero-order valence-electron chi connectivity index (χ0n) is 15.8. The fourth-order valence-corrected chi connectivity index (χ4v) is 2.79. The Labute approximate surface area is 179 Å². The van der Waals surface area contributed by atoms with Crippen LogP contribution in [0.4, 0.5) is 8.78 Å². The molecule has 0 radical (unpaired) electrons. The van der Waals surface area contributed by atoms with Gasteiger partial charge in [-0.05, 0) is 19.4 Å². The number of rotatable bonds is 7. The number of hydrogen-bond donors (Lipinski definition) is 2. The van der Waals surface area contributed by atoms with Crippen LogP contribution in [0.25, 0.3) is 0 Å². The molecule has 1 aliphatic rings. The molecule has 2 rings (SSSR count). The third kappa shape index (κ3) is 7.21. The summed E-state index contributed by atoms with van der Waals surface area (Å²) in [7, 11) is 1.57. The van der Waals surface area contributed by atoms with Gasteiger partial charge in [-0.25, -0.2) is 0 Å². The molecule has 1 aliphatic heterocycles. The number of imide groups is 1. The lowest BCUT2D eigenvalue weighted by Crippen LogP contribution is -2.46. The van der Waals surface area contributed by atoms with E-state index in [-0.39, 0.29) is 54.6 Å². The molecule has 1 fully saturated rings. The van der Waals surface area contributed by atoms with E-state index in [9.17, 15) is 18.4 Å². The topological polar surface area (TPSA) is 83.0 Å². The molecule has 0 saturated carbocycles. The van der Waals surface area contributed by atoms with Crippen molar-refractivity contribution in [3.05, 3.63) is 29.3 Å². The standard InChI is InChI=1S/C18H24F2N4O3.HI/c1-12-6-7-14(27-17(19)20)13(10-12)11-23-18(21-2)22-8-9-24-15(25)4-3-5-16(24)26;/h6-7,10,17H,3-5,8-9,11H2,1-2H3,(H2,21,22,23);1H. The van der Waals surface area contributed by atoms with Crippen molar-refractivity contribution >= 4 is 41.8 Å². The Bertz CT molecular complexity index is 700. The molecule has 1 aromatic rings. The third-order valence-corrected chi connectivity index (χ3v) is 4.11. The molecular weight excluding hydrogens is 485 g/mol. The summed E-state index contributed by atoms with van der Waals surface area (Å²) in [6, 6.07) is 4.95. The first-order valence-corrected chi connectivity index (χ1v) is 8.72. The molecule has 0 bridgehead atoms. The van der Waals surface area contributed by atoms with Crippen LogP contribution >= 0.6 is 24.0 Å². The van der Waals surface area contributed by atoms with Gasteiger partial charge < -0.3 is 15.4 Å². The maximum absolute atomic E-state index is 12.5. The number of likely N-dealkylation sites (tertiary alicyclic amines) is 1. The summed E-state index contributed by atoms with van der Waals surface area (Å²) >= 11 is 0. The van der Waals surface area contributed by atoms with Gasteiger partial charge in [0.2, 0.25) is 11.8 Å². The molecular formula is C18H25F2IN4O3. The summed E-state index contributed by atoms with van der Waals surface area (Å²) < 4.78 is 29.6. The van der Waals surface area contributed by atoms with Crippen molar-refractivity contribution in [1.82, 2.24) is 15.5 Å². The second-order valence-corrected chi connectivity index (χ2v) is 6.13. The molecule has 7 nitrogen and oxygen atoms in total. The number of aryl methyl sites for hydroxylation is 1. The Kier molecular flexibility index (Phi) is 10.1. The predicted octanol–water partition coefficient (Wildman–Crippen LogP) is 2.42. The minimum absolute atomic E-state index is 0. The first kappa shape index (κ1) is 24.1. The normalized spacial score (nSPS) is 14.8. The summed E-state index contributed by atoms with van der Waals surface area (Å²) in [6.07, 6.45) is 1.38. The fourth-order valence-electron chi connectivity index (χ4n) is 2.79. The van der Waals surface area contributed by atoms with Crippen molar-refractivity contribution in [2.75, 3.05) is 20.1 Å². The zero-order chi connectivity index (χ0) is 19.8. The van der Waals surface area contributed by atoms with Crippen LogP contribution in [-0.2, 0) is 16.1 Å². The van der Waals surface area contributed by atoms with Crippen molar-refractivity contribution in [3.63, 3.8) is 0 Å². The van der Waals surface area contributed by atoms with E-state index in [0.717, 1.165) is 5.56 Å². The van der Waals surface area contributed by atoms with Crippen LogP contribution < -0.4 is 15.4 Å². The minimum Gasteiger partial charge on any atom is -0.434 e. The number of guanidine groups is 1. The molecule has 1 saturated heterocycles. The molecule has 0 unspecified atom stereocenters. The van der Waals surface area contributed by atoms with Crippen LogP contribution in [0, 0.1) is 6.92 Å². The van der Waals surface area contributed by atoms with E-state index in [4.69, 9.17) is 0 Å². The molecule has 0 aliphatic carbocycles. The van der Waals surface area contributed by atoms with Crippen LogP contribution in [0.2, 0.25) is 0 Å². The Balaban J connectivity index is 0.00000392. The Hall–Kier alpha value is -1.98. The summed E-state index contributed by atoms with van der Waals surface area (Å²) in [6.45, 7) is -0.225. The van der Waals surface area contributed by atoms with Gasteiger partial charge >= 0.3 is 6.61 Å². The van der Waals surface area contributed by atoms with E-state index in [0.29, 0.717) is 37.3 Å². The summed E-state index contributed by atoms with van der Waals surface area (Å²) in [5, 5.41) is 6.02. The average molecular weight is 510 g/mol. The van der Waals surface area contributed by atoms with Crippen LogP contribution in [-0.4, -0.2) is 49.4 Å². The second kappa shape index (κ2) is 11.8. The van der Waals surface area contributed by atoms with Gasteiger partial charge in [-0.3, -0.25) is 19.5 Å². The number of piperidine rings is 1. The first-order chi connectivity index (χ1) is 12.9. The quantitative estimate of drug-likeness (QED) is 0.255. The van der Waals surface area contributed by atoms with E-state index in [1.54, 1.807) is 19.2 Å². The first-order valence-electron chi connectivity index (χ1n) is 8.72. The maximum Gasteiger partial charge on any atom is 0.387 e. The van der Waals surface area contributed by atoms with Gasteiger partial charge in [0.1, 0.15) is 5.75 Å². The number of aliphatic imine (C=N–C) groups is 1. The number of alkyl halides is 2. The molecule has 156 valence electrons. The monoisotopic (exact) mass is 510 g/mol. The van der Waals surface area contributed by atoms with Crippen LogP contribution in [0.5, 0.6) is 5.75 Å². The van der Waals surface area contributed by atoms with Crippen LogP contribution in [0.15, 0.2) is 23.2 Å². The van der Waals surface area contributed by atoms with Crippen LogP contribution in [0.3, 0.4) is 0 Å². The van der Waals surface area contributed by atoms with Crippen molar-refractivity contribution in [1.29, 1.82) is 0 Å². The van der Waals surface area contributed by atoms with Gasteiger partial charge in [0.05, 0.1) is 0 Å². The number of benzene rings is 1. The van der Waals surface area contributed by atoms with Gasteiger partial charge in [0.25, 0.3) is 0 Å². The smallest absolute Gasteiger partial charge is 0.387 e. The molecule has 0 atom stereocenters. The highest BCUT2D eigenvalue weighted by Gasteiger charge is 2.25. The Morgan fingerprint density at radius 2 is 1.93 bits per heavy atom. The maximum atomic E-state index is 12.5. The summed E-state index contributed by atoms with van der Waals surface area (Å²) in [5.74, 6) is 0.202. The van der Waals surface area contributed by atoms with Crippen LogP contribution in [0.1, 0.15) is 30.4 Å². The summed E-state index contributed by atoms with van der Waals surface area (Å²) in [4.78, 5) is 28.9. The largest absolute Gasteiger partial charge is 0.434 e. The number of nitrogens with zero attached hydrogens (tertiary/aromatic N) is 2. The van der Waals surface area contributed by atoms with Gasteiger partial charge in [-0.2, -0.15) is 8.78 Å². The summed E-state index contributed by atoms with van der Waals surface area (Å²) in [5.41, 5.74) is 1.48. The fraction of sp³-hybridized carbons (Fsp3) is 0.500. The number of nitrogens with one attached hydrogen (secondary N) is 2. The third-order valence-electron chi connectivity index (χ3n) is 4.11. The number of carbonyl (C=O) groups excluding carboxylic acids is 2. The molecule has 0 aromatic heterocycles. The molecule has 28 heavy (non-hydrogen) atoms. The molecule has 2 N–H and O–H groups in total. The van der Waals surface area contributed by atoms with Crippen molar-refractivity contribution in [2.45, 2.75) is 39.3 Å². The van der Waals surface area contributed by atoms with Crippen molar-refractivity contribution in [3.8, 4) is 5.75 Å². The van der Waals surface area contributed by atoms with Gasteiger partial charge in [-0.15, -0.1) is 24.0 Å². The molecule has 1 aromatic carbocycles. The van der Waals surface area contributed by atoms with Gasteiger partial charge in [0, 0.05) is 45.1 Å². The molecule has 0 spiro atoms. The highest BCUT2D eigenvalue weighted by Crippen LogP contribution is 2.22. The molecule has 10 heteroatoms. The number of hydrogen-bond acceptors (Lipinski definition) is 4. The highest BCUT2D eigenvalue weighted by molar-refractivity contribution is 14.0. The van der Waals surface area contributed by atoms with E-state index in [1.165, 1.54) is 11.0 Å². The van der Waals surface area contributed by atoms with E-state index < -0.39 is 6.61 Å². The lowest BCUT2D eigenvalue weighted by atomic mass is 10.1. The van der Waals surface area contributed by atoms with E-state index >= 15 is 0 Å². The van der Waals surface area contributed by atoms with Gasteiger partial charge in [0.15, 0.2) is 5.96 Å². The average Bonchev–Trinajstić information content (AvgIpc) is 2.61. The SMILES string of the molecule is CN=C(NCCN1C(=O)CCCC1=O)NCc1cc(C)ccc1OC(F)F.I. The number of halogens is 3. The number of carbonyl (C=O) groups is 2. The van der Waals surface area contributed by atoms with Crippen molar-refractivity contribution < 1.29 is 23.1 Å². The van der Waals surface area contributed by atoms with E-state index in [2.05, 4.69) is 20.4 Å². The second-order valence-electron chi connectivity index (χ2n) is 6.13. The van der Waals surface area contributed by atoms with Gasteiger partial charge in [-0.1, -0.05) is 17.7 Å². The number of ether oxygens (including phenoxy) is 1. The molecule has 2 amide bonds. The highest BCUT2D eigenvalue weighted by atomic mass is 127. The Morgan fingerprint density at radius 3 is 2.54 bits per heavy atom. The predicted molar refractivity (Wildman–Crippen MR) is 112 cm³/mol. The lowest BCUT2D eigenvalue weighted by molar-refractivity contribution is -0.147. The lowest BCUT2D eigenvalue weighted by Gasteiger charge is -2.25. The van der Waals surface area contributed by atoms with Crippen molar-refractivity contribution in [2.24, 2.45) is 4.99 Å². The minimum atomic E-state index is -2.90. The zero-order valence-corrected chi connectivity index (χ0v) is 18.2.